The second kappa shape index (κ2) is 5.02. The molecular formula is C13H15ClO5S. The van der Waals surface area contributed by atoms with Crippen LogP contribution in [0.2, 0.25) is 5.02 Å². The Kier molecular flexibility index (Phi) is 3.83. The van der Waals surface area contributed by atoms with Gasteiger partial charge in [-0.1, -0.05) is 23.7 Å². The van der Waals surface area contributed by atoms with Crippen molar-refractivity contribution in [2.24, 2.45) is 5.41 Å². The van der Waals surface area contributed by atoms with Crippen LogP contribution in [0.25, 0.3) is 0 Å². The van der Waals surface area contributed by atoms with Crippen LogP contribution < -0.4 is 0 Å². The number of carboxylic acid groups (broad SMARTS) is 1. The van der Waals surface area contributed by atoms with E-state index in [9.17, 15) is 18.3 Å². The van der Waals surface area contributed by atoms with E-state index >= 15 is 0 Å². The molecule has 1 fully saturated rings. The average Bonchev–Trinajstić information content (AvgIpc) is 3.01. The summed E-state index contributed by atoms with van der Waals surface area (Å²) in [5, 5.41) is 9.02. The van der Waals surface area contributed by atoms with Gasteiger partial charge in [0.25, 0.3) is 0 Å². The molecule has 7 heteroatoms. The first kappa shape index (κ1) is 15.3. The predicted octanol–water partition coefficient (Wildman–Crippen LogP) is 1.57. The quantitative estimate of drug-likeness (QED) is 0.891. The van der Waals surface area contributed by atoms with E-state index < -0.39 is 32.4 Å². The lowest BCUT2D eigenvalue weighted by atomic mass is 10.0. The van der Waals surface area contributed by atoms with E-state index in [-0.39, 0.29) is 6.61 Å². The highest BCUT2D eigenvalue weighted by Crippen LogP contribution is 2.63. The predicted molar refractivity (Wildman–Crippen MR) is 74.8 cm³/mol. The van der Waals surface area contributed by atoms with Crippen molar-refractivity contribution in [1.29, 1.82) is 0 Å². The summed E-state index contributed by atoms with van der Waals surface area (Å²) in [6.07, 6.45) is 1.06. The molecule has 5 nitrogen and oxygen atoms in total. The minimum absolute atomic E-state index is 0.145. The number of carboxylic acids is 1. The van der Waals surface area contributed by atoms with Crippen molar-refractivity contribution < 1.29 is 23.1 Å². The first-order chi connectivity index (χ1) is 9.25. The van der Waals surface area contributed by atoms with Crippen LogP contribution in [0.5, 0.6) is 0 Å². The first-order valence-corrected chi connectivity index (χ1v) is 8.25. The molecule has 1 aliphatic rings. The van der Waals surface area contributed by atoms with Gasteiger partial charge in [-0.2, -0.15) is 0 Å². The van der Waals surface area contributed by atoms with E-state index in [1.807, 2.05) is 0 Å². The normalized spacial score (nSPS) is 29.1. The standard InChI is InChI=1S/C13H15ClO5S/c1-19-7-13(12(15)16)10(11(13)20(2,17)18)8-3-5-9(14)6-4-8/h3-6,10-11H,7H2,1-2H3,(H,15,16). The number of sulfone groups is 1. The van der Waals surface area contributed by atoms with Gasteiger partial charge >= 0.3 is 5.97 Å². The zero-order valence-corrected chi connectivity index (χ0v) is 12.6. The highest BCUT2D eigenvalue weighted by atomic mass is 35.5. The van der Waals surface area contributed by atoms with Crippen molar-refractivity contribution in [1.82, 2.24) is 0 Å². The zero-order chi connectivity index (χ0) is 15.1. The summed E-state index contributed by atoms with van der Waals surface area (Å²) < 4.78 is 28.7. The van der Waals surface area contributed by atoms with Gasteiger partial charge in [0, 0.05) is 24.3 Å². The number of benzene rings is 1. The van der Waals surface area contributed by atoms with Crippen molar-refractivity contribution >= 4 is 27.4 Å². The van der Waals surface area contributed by atoms with Crippen molar-refractivity contribution in [3.8, 4) is 0 Å². The number of ether oxygens (including phenoxy) is 1. The molecule has 1 saturated carbocycles. The van der Waals surface area contributed by atoms with Crippen LogP contribution in [-0.2, 0) is 19.4 Å². The van der Waals surface area contributed by atoms with Crippen LogP contribution in [0.1, 0.15) is 11.5 Å². The summed E-state index contributed by atoms with van der Waals surface area (Å²) in [5.74, 6) is -1.78. The molecule has 0 aliphatic heterocycles. The van der Waals surface area contributed by atoms with Crippen LogP contribution in [0.15, 0.2) is 24.3 Å². The van der Waals surface area contributed by atoms with Crippen molar-refractivity contribution in [2.45, 2.75) is 11.2 Å². The number of halogens is 1. The lowest BCUT2D eigenvalue weighted by Crippen LogP contribution is -2.28. The highest BCUT2D eigenvalue weighted by molar-refractivity contribution is 7.91. The van der Waals surface area contributed by atoms with Crippen molar-refractivity contribution in [3.63, 3.8) is 0 Å². The minimum atomic E-state index is -3.51. The number of carbonyl (C=O) groups is 1. The molecule has 0 saturated heterocycles. The Morgan fingerprint density at radius 3 is 2.35 bits per heavy atom. The number of hydrogen-bond acceptors (Lipinski definition) is 4. The summed E-state index contributed by atoms with van der Waals surface area (Å²) in [6.45, 7) is -0.145. The number of methoxy groups -OCH3 is 1. The summed E-state index contributed by atoms with van der Waals surface area (Å²) in [7, 11) is -2.14. The second-order valence-corrected chi connectivity index (χ2v) is 7.66. The summed E-state index contributed by atoms with van der Waals surface area (Å²) in [6, 6.07) is 6.55. The van der Waals surface area contributed by atoms with Gasteiger partial charge < -0.3 is 9.84 Å². The Hall–Kier alpha value is -1.11. The maximum Gasteiger partial charge on any atom is 0.314 e. The topological polar surface area (TPSA) is 80.7 Å². The van der Waals surface area contributed by atoms with E-state index in [2.05, 4.69) is 0 Å². The molecule has 2 rings (SSSR count). The van der Waals surface area contributed by atoms with Crippen LogP contribution in [-0.4, -0.2) is 44.7 Å². The maximum absolute atomic E-state index is 11.9. The Bertz CT molecular complexity index is 625. The monoisotopic (exact) mass is 318 g/mol. The third-order valence-corrected chi connectivity index (χ3v) is 5.60. The number of rotatable bonds is 5. The molecule has 0 heterocycles. The van der Waals surface area contributed by atoms with E-state index in [0.29, 0.717) is 10.6 Å². The summed E-state index contributed by atoms with van der Waals surface area (Å²) in [4.78, 5) is 11.6. The van der Waals surface area contributed by atoms with Gasteiger partial charge in [0.1, 0.15) is 5.41 Å². The molecule has 20 heavy (non-hydrogen) atoms. The Morgan fingerprint density at radius 2 is 1.95 bits per heavy atom. The number of hydrogen-bond donors (Lipinski definition) is 1. The Labute approximate surface area is 122 Å². The molecule has 3 unspecified atom stereocenters. The van der Waals surface area contributed by atoms with Gasteiger partial charge in [-0.25, -0.2) is 8.42 Å². The molecule has 3 atom stereocenters. The third-order valence-electron chi connectivity index (χ3n) is 3.73. The Morgan fingerprint density at radius 1 is 1.40 bits per heavy atom. The van der Waals surface area contributed by atoms with Crippen molar-refractivity contribution in [3.05, 3.63) is 34.9 Å². The van der Waals surface area contributed by atoms with Crippen LogP contribution in [0.4, 0.5) is 0 Å². The van der Waals surface area contributed by atoms with Gasteiger partial charge in [-0.05, 0) is 17.7 Å². The van der Waals surface area contributed by atoms with E-state index in [0.717, 1.165) is 6.26 Å². The fourth-order valence-electron chi connectivity index (χ4n) is 2.90. The molecule has 0 bridgehead atoms. The van der Waals surface area contributed by atoms with Gasteiger partial charge in [-0.15, -0.1) is 0 Å². The van der Waals surface area contributed by atoms with Crippen molar-refractivity contribution in [2.75, 3.05) is 20.0 Å². The lowest BCUT2D eigenvalue weighted by Gasteiger charge is -2.11. The molecule has 1 aliphatic carbocycles. The van der Waals surface area contributed by atoms with Crippen LogP contribution in [0, 0.1) is 5.41 Å². The van der Waals surface area contributed by atoms with E-state index in [1.54, 1.807) is 24.3 Å². The smallest absolute Gasteiger partial charge is 0.314 e. The van der Waals surface area contributed by atoms with Gasteiger partial charge in [-0.3, -0.25) is 4.79 Å². The van der Waals surface area contributed by atoms with Gasteiger partial charge in [0.15, 0.2) is 9.84 Å². The molecule has 1 aromatic carbocycles. The molecule has 0 radical (unpaired) electrons. The lowest BCUT2D eigenvalue weighted by molar-refractivity contribution is -0.145. The third kappa shape index (κ3) is 2.32. The molecule has 0 amide bonds. The van der Waals surface area contributed by atoms with Crippen LogP contribution >= 0.6 is 11.6 Å². The average molecular weight is 319 g/mol. The molecular weight excluding hydrogens is 304 g/mol. The van der Waals surface area contributed by atoms with Crippen LogP contribution in [0.3, 0.4) is 0 Å². The molecule has 0 aromatic heterocycles. The van der Waals surface area contributed by atoms with Gasteiger partial charge in [0.05, 0.1) is 11.9 Å². The second-order valence-electron chi connectivity index (χ2n) is 5.06. The van der Waals surface area contributed by atoms with Gasteiger partial charge in [0.2, 0.25) is 0 Å². The summed E-state index contributed by atoms with van der Waals surface area (Å²) in [5.41, 5.74) is -0.778. The highest BCUT2D eigenvalue weighted by Gasteiger charge is 2.74. The largest absolute Gasteiger partial charge is 0.481 e. The molecule has 110 valence electrons. The SMILES string of the molecule is COCC1(C(=O)O)C(c2ccc(Cl)cc2)C1S(C)(=O)=O. The van der Waals surface area contributed by atoms with E-state index in [1.165, 1.54) is 7.11 Å². The fraction of sp³-hybridized carbons (Fsp3) is 0.462. The number of aliphatic carboxylic acids is 1. The molecule has 0 spiro atoms. The molecule has 1 aromatic rings. The Balaban J connectivity index is 2.49. The zero-order valence-electron chi connectivity index (χ0n) is 11.0. The van der Waals surface area contributed by atoms with E-state index in [4.69, 9.17) is 16.3 Å². The first-order valence-electron chi connectivity index (χ1n) is 5.92. The molecule has 1 N–H and O–H groups in total. The maximum atomic E-state index is 11.9. The summed E-state index contributed by atoms with van der Waals surface area (Å²) >= 11 is 5.80. The fourth-order valence-corrected chi connectivity index (χ4v) is 4.92. The minimum Gasteiger partial charge on any atom is -0.481 e.